The molecule has 1 heterocycles. The van der Waals surface area contributed by atoms with E-state index in [4.69, 9.17) is 5.11 Å². The van der Waals surface area contributed by atoms with Crippen molar-refractivity contribution in [2.75, 3.05) is 0 Å². The second-order valence-electron chi connectivity index (χ2n) is 3.25. The second kappa shape index (κ2) is 4.54. The lowest BCUT2D eigenvalue weighted by atomic mass is 10.3. The first kappa shape index (κ1) is 11.2. The maximum Gasteiger partial charge on any atom is 0.331 e. The Morgan fingerprint density at radius 1 is 1.67 bits per heavy atom. The fourth-order valence-corrected chi connectivity index (χ4v) is 0.972. The van der Waals surface area contributed by atoms with E-state index in [-0.39, 0.29) is 17.7 Å². The molecule has 5 nitrogen and oxygen atoms in total. The van der Waals surface area contributed by atoms with Crippen molar-refractivity contribution in [3.63, 3.8) is 0 Å². The zero-order chi connectivity index (χ0) is 11.4. The van der Waals surface area contributed by atoms with Gasteiger partial charge >= 0.3 is 5.97 Å². The van der Waals surface area contributed by atoms with E-state index in [1.807, 2.05) is 0 Å². The number of rotatable bonds is 3. The van der Waals surface area contributed by atoms with E-state index in [2.05, 4.69) is 5.10 Å². The van der Waals surface area contributed by atoms with Gasteiger partial charge in [-0.15, -0.1) is 0 Å². The lowest BCUT2D eigenvalue weighted by molar-refractivity contribution is -0.132. The summed E-state index contributed by atoms with van der Waals surface area (Å²) in [6.07, 6.45) is 3.01. The average Bonchev–Trinajstić information content (AvgIpc) is 2.15. The summed E-state index contributed by atoms with van der Waals surface area (Å²) in [5.41, 5.74) is 0.754. The predicted octanol–water partition coefficient (Wildman–Crippen LogP) is 0.583. The van der Waals surface area contributed by atoms with Gasteiger partial charge in [-0.1, -0.05) is 6.08 Å². The van der Waals surface area contributed by atoms with Crippen molar-refractivity contribution in [1.29, 1.82) is 0 Å². The quantitative estimate of drug-likeness (QED) is 0.737. The van der Waals surface area contributed by atoms with E-state index in [1.54, 1.807) is 13.1 Å². The minimum Gasteiger partial charge on any atom is -0.478 e. The maximum atomic E-state index is 11.3. The molecule has 0 radical (unpaired) electrons. The zero-order valence-corrected chi connectivity index (χ0v) is 8.60. The summed E-state index contributed by atoms with van der Waals surface area (Å²) >= 11 is 0. The Kier molecular flexibility index (Phi) is 3.38. The highest BCUT2D eigenvalue weighted by Crippen LogP contribution is 1.93. The van der Waals surface area contributed by atoms with Gasteiger partial charge in [-0.25, -0.2) is 9.48 Å². The van der Waals surface area contributed by atoms with Gasteiger partial charge in [0.2, 0.25) is 0 Å². The third-order valence-electron chi connectivity index (χ3n) is 1.91. The van der Waals surface area contributed by atoms with Crippen LogP contribution in [0.4, 0.5) is 0 Å². The highest BCUT2D eigenvalue weighted by molar-refractivity contribution is 5.85. The number of aryl methyl sites for hydroxylation is 1. The molecule has 1 aromatic rings. The van der Waals surface area contributed by atoms with Gasteiger partial charge in [-0.05, 0) is 19.4 Å². The SMILES string of the molecule is C/C(=C\Cn1ncc(C)cc1=O)C(=O)O. The molecule has 0 aromatic carbocycles. The standard InChI is InChI=1S/C10H12N2O3/c1-7-5-9(13)12(11-6-7)4-3-8(2)10(14)15/h3,5-6H,4H2,1-2H3,(H,14,15)/b8-3+. The molecule has 0 spiro atoms. The summed E-state index contributed by atoms with van der Waals surface area (Å²) in [5.74, 6) is -0.991. The summed E-state index contributed by atoms with van der Waals surface area (Å²) in [4.78, 5) is 21.8. The van der Waals surface area contributed by atoms with E-state index < -0.39 is 5.97 Å². The lowest BCUT2D eigenvalue weighted by Crippen LogP contribution is -2.21. The topological polar surface area (TPSA) is 72.2 Å². The molecule has 0 saturated carbocycles. The van der Waals surface area contributed by atoms with Crippen molar-refractivity contribution < 1.29 is 9.90 Å². The summed E-state index contributed by atoms with van der Waals surface area (Å²) in [5, 5.41) is 12.5. The van der Waals surface area contributed by atoms with Crippen molar-refractivity contribution in [1.82, 2.24) is 9.78 Å². The van der Waals surface area contributed by atoms with Gasteiger partial charge in [0, 0.05) is 11.6 Å². The predicted molar refractivity (Wildman–Crippen MR) is 54.6 cm³/mol. The minimum absolute atomic E-state index is 0.178. The van der Waals surface area contributed by atoms with E-state index in [1.165, 1.54) is 23.7 Å². The Hall–Kier alpha value is -1.91. The number of nitrogens with zero attached hydrogens (tertiary/aromatic N) is 2. The molecule has 0 aliphatic carbocycles. The maximum absolute atomic E-state index is 11.3. The lowest BCUT2D eigenvalue weighted by Gasteiger charge is -2.00. The first-order valence-corrected chi connectivity index (χ1v) is 4.44. The molecule has 1 rings (SSSR count). The Bertz CT molecular complexity index is 460. The highest BCUT2D eigenvalue weighted by atomic mass is 16.4. The van der Waals surface area contributed by atoms with E-state index >= 15 is 0 Å². The van der Waals surface area contributed by atoms with Crippen LogP contribution in [0.1, 0.15) is 12.5 Å². The van der Waals surface area contributed by atoms with E-state index in [9.17, 15) is 9.59 Å². The van der Waals surface area contributed by atoms with Gasteiger partial charge in [-0.2, -0.15) is 5.10 Å². The van der Waals surface area contributed by atoms with Crippen LogP contribution in [0.25, 0.3) is 0 Å². The second-order valence-corrected chi connectivity index (χ2v) is 3.25. The van der Waals surface area contributed by atoms with Crippen molar-refractivity contribution in [3.8, 4) is 0 Å². The minimum atomic E-state index is -0.991. The van der Waals surface area contributed by atoms with Crippen LogP contribution in [-0.2, 0) is 11.3 Å². The molecular weight excluding hydrogens is 196 g/mol. The molecule has 1 aromatic heterocycles. The molecule has 5 heteroatoms. The van der Waals surface area contributed by atoms with Crippen LogP contribution in [0, 0.1) is 6.92 Å². The Morgan fingerprint density at radius 3 is 2.87 bits per heavy atom. The molecule has 0 aliphatic rings. The number of hydrogen-bond donors (Lipinski definition) is 1. The molecule has 0 unspecified atom stereocenters. The number of carboxylic acids is 1. The van der Waals surface area contributed by atoms with Gasteiger partial charge in [-0.3, -0.25) is 4.79 Å². The number of hydrogen-bond acceptors (Lipinski definition) is 3. The van der Waals surface area contributed by atoms with Crippen LogP contribution < -0.4 is 5.56 Å². The highest BCUT2D eigenvalue weighted by Gasteiger charge is 2.00. The summed E-state index contributed by atoms with van der Waals surface area (Å²) < 4.78 is 1.21. The Morgan fingerprint density at radius 2 is 2.33 bits per heavy atom. The molecule has 0 amide bonds. The Labute approximate surface area is 86.7 Å². The number of carboxylic acid groups (broad SMARTS) is 1. The van der Waals surface area contributed by atoms with Crippen molar-refractivity contribution in [2.24, 2.45) is 0 Å². The van der Waals surface area contributed by atoms with E-state index in [0.29, 0.717) is 0 Å². The van der Waals surface area contributed by atoms with Gasteiger partial charge in [0.1, 0.15) is 0 Å². The molecular formula is C10H12N2O3. The fraction of sp³-hybridized carbons (Fsp3) is 0.300. The summed E-state index contributed by atoms with van der Waals surface area (Å²) in [6.45, 7) is 3.43. The molecule has 15 heavy (non-hydrogen) atoms. The number of aliphatic carboxylic acids is 1. The van der Waals surface area contributed by atoms with Gasteiger partial charge in [0.05, 0.1) is 12.7 Å². The largest absolute Gasteiger partial charge is 0.478 e. The van der Waals surface area contributed by atoms with Crippen LogP contribution in [-0.4, -0.2) is 20.9 Å². The smallest absolute Gasteiger partial charge is 0.331 e. The normalized spacial score (nSPS) is 11.5. The van der Waals surface area contributed by atoms with Gasteiger partial charge < -0.3 is 5.11 Å². The number of aromatic nitrogens is 2. The first-order valence-electron chi connectivity index (χ1n) is 4.44. The fourth-order valence-electron chi connectivity index (χ4n) is 0.972. The molecule has 0 aliphatic heterocycles. The number of carbonyl (C=O) groups is 1. The summed E-state index contributed by atoms with van der Waals surface area (Å²) in [6, 6.07) is 1.46. The van der Waals surface area contributed by atoms with E-state index in [0.717, 1.165) is 5.56 Å². The van der Waals surface area contributed by atoms with Crippen LogP contribution in [0.3, 0.4) is 0 Å². The molecule has 1 N–H and O–H groups in total. The van der Waals surface area contributed by atoms with Crippen molar-refractivity contribution in [3.05, 3.63) is 39.8 Å². The third-order valence-corrected chi connectivity index (χ3v) is 1.91. The average molecular weight is 208 g/mol. The molecule has 0 saturated heterocycles. The van der Waals surface area contributed by atoms with Gasteiger partial charge in [0.25, 0.3) is 5.56 Å². The monoisotopic (exact) mass is 208 g/mol. The zero-order valence-electron chi connectivity index (χ0n) is 8.60. The number of allylic oxidation sites excluding steroid dienone is 1. The molecule has 80 valence electrons. The third kappa shape index (κ3) is 3.05. The van der Waals surface area contributed by atoms with Crippen molar-refractivity contribution in [2.45, 2.75) is 20.4 Å². The van der Waals surface area contributed by atoms with Gasteiger partial charge in [0.15, 0.2) is 0 Å². The summed E-state index contributed by atoms with van der Waals surface area (Å²) in [7, 11) is 0. The van der Waals surface area contributed by atoms with Crippen LogP contribution >= 0.6 is 0 Å². The molecule has 0 atom stereocenters. The van der Waals surface area contributed by atoms with Crippen LogP contribution in [0.2, 0.25) is 0 Å². The Balaban J connectivity index is 2.87. The van der Waals surface area contributed by atoms with Crippen LogP contribution in [0.5, 0.6) is 0 Å². The van der Waals surface area contributed by atoms with Crippen LogP contribution in [0.15, 0.2) is 28.7 Å². The van der Waals surface area contributed by atoms with Crippen molar-refractivity contribution >= 4 is 5.97 Å². The molecule has 0 fully saturated rings. The molecule has 0 bridgehead atoms. The first-order chi connectivity index (χ1) is 7.00.